The highest BCUT2D eigenvalue weighted by molar-refractivity contribution is 5.92. The molecule has 28 heavy (non-hydrogen) atoms. The van der Waals surface area contributed by atoms with Crippen LogP contribution in [0.1, 0.15) is 12.8 Å². The molecule has 0 unspecified atom stereocenters. The Morgan fingerprint density at radius 3 is 2.54 bits per heavy atom. The zero-order chi connectivity index (χ0) is 19.5. The molecular formula is C21H20FN3O3. The van der Waals surface area contributed by atoms with Crippen molar-refractivity contribution in [2.45, 2.75) is 18.9 Å². The molecule has 0 saturated carbocycles. The van der Waals surface area contributed by atoms with Gasteiger partial charge in [0.2, 0.25) is 0 Å². The van der Waals surface area contributed by atoms with Crippen LogP contribution in [0.3, 0.4) is 0 Å². The number of urea groups is 1. The molecule has 2 heterocycles. The molecule has 0 atom stereocenters. The van der Waals surface area contributed by atoms with E-state index in [1.54, 1.807) is 36.4 Å². The first-order valence-electron chi connectivity index (χ1n) is 9.19. The third kappa shape index (κ3) is 4.14. The minimum Gasteiger partial charge on any atom is -0.423 e. The summed E-state index contributed by atoms with van der Waals surface area (Å²) in [7, 11) is 0. The van der Waals surface area contributed by atoms with Crippen molar-refractivity contribution in [1.82, 2.24) is 5.32 Å². The number of nitrogens with zero attached hydrogens (tertiary/aromatic N) is 1. The van der Waals surface area contributed by atoms with Gasteiger partial charge in [0.1, 0.15) is 11.4 Å². The number of hydrogen-bond acceptors (Lipinski definition) is 4. The van der Waals surface area contributed by atoms with Crippen LogP contribution in [-0.2, 0) is 0 Å². The maximum Gasteiger partial charge on any atom is 0.336 e. The Balaban J connectivity index is 1.31. The van der Waals surface area contributed by atoms with Crippen LogP contribution in [0, 0.1) is 5.82 Å². The molecule has 3 aromatic rings. The maximum atomic E-state index is 13.1. The van der Waals surface area contributed by atoms with Crippen molar-refractivity contribution in [3.8, 4) is 0 Å². The Labute approximate surface area is 161 Å². The van der Waals surface area contributed by atoms with Gasteiger partial charge in [0.15, 0.2) is 0 Å². The molecule has 0 spiro atoms. The highest BCUT2D eigenvalue weighted by Crippen LogP contribution is 2.21. The van der Waals surface area contributed by atoms with Crippen LogP contribution in [0.2, 0.25) is 0 Å². The fraction of sp³-hybridized carbons (Fsp3) is 0.238. The van der Waals surface area contributed by atoms with E-state index in [4.69, 9.17) is 4.42 Å². The summed E-state index contributed by atoms with van der Waals surface area (Å²) >= 11 is 0. The molecule has 2 N–H and O–H groups in total. The molecule has 1 aliphatic heterocycles. The molecule has 2 amide bonds. The lowest BCUT2D eigenvalue weighted by Crippen LogP contribution is -2.46. The molecule has 0 bridgehead atoms. The SMILES string of the molecule is O=C(Nc1ccc2oc(=O)ccc2c1)NC1CCN(c2ccc(F)cc2)CC1. The highest BCUT2D eigenvalue weighted by Gasteiger charge is 2.21. The Bertz CT molecular complexity index is 1040. The number of amides is 2. The molecule has 0 radical (unpaired) electrons. The second-order valence-corrected chi connectivity index (χ2v) is 6.84. The van der Waals surface area contributed by atoms with Gasteiger partial charge in [0, 0.05) is 42.0 Å². The van der Waals surface area contributed by atoms with Crippen molar-refractivity contribution >= 4 is 28.4 Å². The number of carbonyl (C=O) groups excluding carboxylic acids is 1. The summed E-state index contributed by atoms with van der Waals surface area (Å²) in [5.41, 5.74) is 1.69. The quantitative estimate of drug-likeness (QED) is 0.678. The standard InChI is InChI=1S/C21H20FN3O3/c22-15-2-5-18(6-3-15)25-11-9-16(10-12-25)23-21(27)24-17-4-7-19-14(13-17)1-8-20(26)28-19/h1-8,13,16H,9-12H2,(H2,23,24,27). The van der Waals surface area contributed by atoms with E-state index in [9.17, 15) is 14.0 Å². The van der Waals surface area contributed by atoms with Crippen LogP contribution in [-0.4, -0.2) is 25.2 Å². The maximum absolute atomic E-state index is 13.1. The van der Waals surface area contributed by atoms with Gasteiger partial charge in [-0.1, -0.05) is 0 Å². The fourth-order valence-electron chi connectivity index (χ4n) is 3.44. The number of rotatable bonds is 3. The van der Waals surface area contributed by atoms with Gasteiger partial charge in [-0.25, -0.2) is 14.0 Å². The predicted octanol–water partition coefficient (Wildman–Crippen LogP) is 3.72. The molecule has 1 fully saturated rings. The summed E-state index contributed by atoms with van der Waals surface area (Å²) in [6, 6.07) is 14.4. The van der Waals surface area contributed by atoms with E-state index in [0.29, 0.717) is 11.3 Å². The number of benzene rings is 2. The third-order valence-electron chi connectivity index (χ3n) is 4.90. The Morgan fingerprint density at radius 2 is 1.79 bits per heavy atom. The van der Waals surface area contributed by atoms with Crippen LogP contribution < -0.4 is 21.2 Å². The zero-order valence-electron chi connectivity index (χ0n) is 15.2. The van der Waals surface area contributed by atoms with E-state index in [-0.39, 0.29) is 17.9 Å². The summed E-state index contributed by atoms with van der Waals surface area (Å²) in [6.07, 6.45) is 1.63. The van der Waals surface area contributed by atoms with E-state index < -0.39 is 5.63 Å². The molecule has 6 nitrogen and oxygen atoms in total. The van der Waals surface area contributed by atoms with Crippen LogP contribution in [0.4, 0.5) is 20.6 Å². The average Bonchev–Trinajstić information content (AvgIpc) is 2.69. The number of fused-ring (bicyclic) bond motifs is 1. The van der Waals surface area contributed by atoms with E-state index in [2.05, 4.69) is 15.5 Å². The van der Waals surface area contributed by atoms with Gasteiger partial charge in [-0.3, -0.25) is 0 Å². The molecule has 4 rings (SSSR count). The van der Waals surface area contributed by atoms with Crippen molar-refractivity contribution < 1.29 is 13.6 Å². The van der Waals surface area contributed by atoms with Crippen LogP contribution in [0.15, 0.2) is 63.8 Å². The van der Waals surface area contributed by atoms with Gasteiger partial charge in [0.05, 0.1) is 0 Å². The van der Waals surface area contributed by atoms with Crippen molar-refractivity contribution in [2.24, 2.45) is 0 Å². The largest absolute Gasteiger partial charge is 0.423 e. The summed E-state index contributed by atoms with van der Waals surface area (Å²) in [6.45, 7) is 1.59. The van der Waals surface area contributed by atoms with Crippen LogP contribution >= 0.6 is 0 Å². The summed E-state index contributed by atoms with van der Waals surface area (Å²) in [5, 5.41) is 6.56. The van der Waals surface area contributed by atoms with E-state index in [1.807, 2.05) is 0 Å². The van der Waals surface area contributed by atoms with Gasteiger partial charge in [-0.15, -0.1) is 0 Å². The van der Waals surface area contributed by atoms with Crippen LogP contribution in [0.25, 0.3) is 11.0 Å². The number of carbonyl (C=O) groups is 1. The van der Waals surface area contributed by atoms with E-state index in [0.717, 1.165) is 37.0 Å². The minimum atomic E-state index is -0.405. The van der Waals surface area contributed by atoms with Crippen LogP contribution in [0.5, 0.6) is 0 Å². The summed E-state index contributed by atoms with van der Waals surface area (Å²) in [5.74, 6) is -0.243. The number of piperidine rings is 1. The molecule has 144 valence electrons. The monoisotopic (exact) mass is 381 g/mol. The topological polar surface area (TPSA) is 74.6 Å². The first kappa shape index (κ1) is 18.0. The smallest absolute Gasteiger partial charge is 0.336 e. The fourth-order valence-corrected chi connectivity index (χ4v) is 3.44. The molecule has 1 aliphatic rings. The lowest BCUT2D eigenvalue weighted by Gasteiger charge is -2.34. The minimum absolute atomic E-state index is 0.0789. The second kappa shape index (κ2) is 7.72. The molecular weight excluding hydrogens is 361 g/mol. The lowest BCUT2D eigenvalue weighted by molar-refractivity contribution is 0.246. The zero-order valence-corrected chi connectivity index (χ0v) is 15.2. The van der Waals surface area contributed by atoms with Crippen molar-refractivity contribution in [1.29, 1.82) is 0 Å². The van der Waals surface area contributed by atoms with Crippen molar-refractivity contribution in [2.75, 3.05) is 23.3 Å². The Kier molecular flexibility index (Phi) is 4.97. The average molecular weight is 381 g/mol. The first-order valence-corrected chi connectivity index (χ1v) is 9.19. The molecule has 0 aliphatic carbocycles. The lowest BCUT2D eigenvalue weighted by atomic mass is 10.0. The predicted molar refractivity (Wildman–Crippen MR) is 106 cm³/mol. The second-order valence-electron chi connectivity index (χ2n) is 6.84. The van der Waals surface area contributed by atoms with Gasteiger partial charge >= 0.3 is 11.7 Å². The number of hydrogen-bond donors (Lipinski definition) is 2. The van der Waals surface area contributed by atoms with Gasteiger partial charge in [-0.05, 0) is 61.4 Å². The van der Waals surface area contributed by atoms with Gasteiger partial charge in [0.25, 0.3) is 0 Å². The van der Waals surface area contributed by atoms with Gasteiger partial charge < -0.3 is 20.0 Å². The normalized spacial score (nSPS) is 14.8. The van der Waals surface area contributed by atoms with E-state index in [1.165, 1.54) is 18.2 Å². The molecule has 2 aromatic carbocycles. The van der Waals surface area contributed by atoms with Crippen molar-refractivity contribution in [3.63, 3.8) is 0 Å². The number of nitrogens with one attached hydrogen (secondary N) is 2. The molecule has 7 heteroatoms. The number of anilines is 2. The molecule has 1 saturated heterocycles. The summed E-state index contributed by atoms with van der Waals surface area (Å²) in [4.78, 5) is 25.7. The van der Waals surface area contributed by atoms with Gasteiger partial charge in [-0.2, -0.15) is 0 Å². The van der Waals surface area contributed by atoms with Crippen molar-refractivity contribution in [3.05, 3.63) is 70.8 Å². The third-order valence-corrected chi connectivity index (χ3v) is 4.90. The Morgan fingerprint density at radius 1 is 1.04 bits per heavy atom. The number of halogens is 1. The highest BCUT2D eigenvalue weighted by atomic mass is 19.1. The first-order chi connectivity index (χ1) is 13.6. The van der Waals surface area contributed by atoms with E-state index >= 15 is 0 Å². The Hall–Kier alpha value is -3.35. The summed E-state index contributed by atoms with van der Waals surface area (Å²) < 4.78 is 18.1. The molecule has 1 aromatic heterocycles.